The summed E-state index contributed by atoms with van der Waals surface area (Å²) in [6.07, 6.45) is 1.59. The predicted molar refractivity (Wildman–Crippen MR) is 52.9 cm³/mol. The zero-order valence-electron chi connectivity index (χ0n) is 6.58. The number of hydrogen-bond acceptors (Lipinski definition) is 1. The molecular formula is C8H10Br2O. The van der Waals surface area contributed by atoms with Crippen LogP contribution in [0.25, 0.3) is 0 Å². The summed E-state index contributed by atoms with van der Waals surface area (Å²) in [5.74, 6) is 0.202. The lowest BCUT2D eigenvalue weighted by Crippen LogP contribution is -2.22. The normalized spacial score (nSPS) is 24.2. The molecule has 1 aliphatic rings. The van der Waals surface area contributed by atoms with Crippen molar-refractivity contribution in [1.29, 1.82) is 0 Å². The maximum atomic E-state index is 11.3. The Labute approximate surface area is 83.5 Å². The maximum Gasteiger partial charge on any atom is 0.171 e. The zero-order valence-corrected chi connectivity index (χ0v) is 9.75. The van der Waals surface area contributed by atoms with E-state index in [1.165, 1.54) is 0 Å². The third-order valence-corrected chi connectivity index (χ3v) is 3.89. The first-order valence-electron chi connectivity index (χ1n) is 3.50. The second-order valence-electron chi connectivity index (χ2n) is 3.66. The Morgan fingerprint density at radius 1 is 1.27 bits per heavy atom. The van der Waals surface area contributed by atoms with Gasteiger partial charge in [-0.25, -0.2) is 0 Å². The van der Waals surface area contributed by atoms with Gasteiger partial charge >= 0.3 is 0 Å². The topological polar surface area (TPSA) is 17.1 Å². The zero-order chi connectivity index (χ0) is 8.65. The highest BCUT2D eigenvalue weighted by molar-refractivity contribution is 9.14. The summed E-state index contributed by atoms with van der Waals surface area (Å²) in [6.45, 7) is 4.21. The van der Waals surface area contributed by atoms with Crippen molar-refractivity contribution in [1.82, 2.24) is 0 Å². The predicted octanol–water partition coefficient (Wildman–Crippen LogP) is 3.38. The molecule has 0 aromatic heterocycles. The Balaban J connectivity index is 2.94. The van der Waals surface area contributed by atoms with E-state index >= 15 is 0 Å². The monoisotopic (exact) mass is 280 g/mol. The van der Waals surface area contributed by atoms with Crippen molar-refractivity contribution in [3.05, 3.63) is 8.96 Å². The number of ketones is 1. The molecule has 0 fully saturated rings. The van der Waals surface area contributed by atoms with Crippen LogP contribution < -0.4 is 0 Å². The van der Waals surface area contributed by atoms with E-state index in [1.54, 1.807) is 0 Å². The summed E-state index contributed by atoms with van der Waals surface area (Å²) >= 11 is 6.64. The lowest BCUT2D eigenvalue weighted by atomic mass is 9.80. The van der Waals surface area contributed by atoms with Crippen LogP contribution in [0.4, 0.5) is 0 Å². The van der Waals surface area contributed by atoms with E-state index in [9.17, 15) is 4.79 Å². The number of allylic oxidation sites excluding steroid dienone is 2. The van der Waals surface area contributed by atoms with Gasteiger partial charge in [0.15, 0.2) is 5.78 Å². The Hall–Kier alpha value is 0.370. The lowest BCUT2D eigenvalue weighted by Gasteiger charge is -2.28. The van der Waals surface area contributed by atoms with Gasteiger partial charge in [-0.05, 0) is 27.8 Å². The fourth-order valence-electron chi connectivity index (χ4n) is 1.22. The van der Waals surface area contributed by atoms with E-state index in [4.69, 9.17) is 0 Å². The summed E-state index contributed by atoms with van der Waals surface area (Å²) in [4.78, 5) is 11.3. The maximum absolute atomic E-state index is 11.3. The molecule has 1 aliphatic carbocycles. The summed E-state index contributed by atoms with van der Waals surface area (Å²) in [5.41, 5.74) is 0.118. The lowest BCUT2D eigenvalue weighted by molar-refractivity contribution is -0.117. The number of carbonyl (C=O) groups excluding carboxylic acids is 1. The average Bonchev–Trinajstić information content (AvgIpc) is 1.81. The van der Waals surface area contributed by atoms with E-state index < -0.39 is 0 Å². The first kappa shape index (κ1) is 9.46. The molecule has 0 N–H and O–H groups in total. The van der Waals surface area contributed by atoms with Gasteiger partial charge in [-0.3, -0.25) is 4.79 Å². The van der Waals surface area contributed by atoms with Gasteiger partial charge < -0.3 is 0 Å². The second kappa shape index (κ2) is 3.02. The molecule has 62 valence electrons. The highest BCUT2D eigenvalue weighted by Crippen LogP contribution is 2.40. The smallest absolute Gasteiger partial charge is 0.171 e. The van der Waals surface area contributed by atoms with Crippen molar-refractivity contribution in [2.75, 3.05) is 0 Å². The molecule has 11 heavy (non-hydrogen) atoms. The minimum absolute atomic E-state index is 0.118. The van der Waals surface area contributed by atoms with Crippen molar-refractivity contribution in [3.8, 4) is 0 Å². The number of halogens is 2. The van der Waals surface area contributed by atoms with Gasteiger partial charge in [0.05, 0.1) is 4.48 Å². The Kier molecular flexibility index (Phi) is 2.59. The van der Waals surface area contributed by atoms with Crippen LogP contribution in [0.1, 0.15) is 26.7 Å². The molecule has 0 saturated carbocycles. The third-order valence-electron chi connectivity index (χ3n) is 1.76. The number of Topliss-reactive ketones (excluding diaryl/α,β-unsaturated/α-hetero) is 1. The summed E-state index contributed by atoms with van der Waals surface area (Å²) in [7, 11) is 0. The first-order valence-corrected chi connectivity index (χ1v) is 5.08. The molecule has 0 spiro atoms. The SMILES string of the molecule is CC1(C)CC(=O)C(Br)=C(Br)C1. The molecule has 0 aromatic rings. The molecule has 0 heterocycles. The fraction of sp³-hybridized carbons (Fsp3) is 0.625. The van der Waals surface area contributed by atoms with Gasteiger partial charge in [-0.15, -0.1) is 0 Å². The summed E-state index contributed by atoms with van der Waals surface area (Å²) in [6, 6.07) is 0. The van der Waals surface area contributed by atoms with Crippen LogP contribution >= 0.6 is 31.9 Å². The molecule has 3 heteroatoms. The average molecular weight is 282 g/mol. The molecule has 1 rings (SSSR count). The minimum Gasteiger partial charge on any atom is -0.294 e. The first-order chi connectivity index (χ1) is 4.92. The molecule has 0 aromatic carbocycles. The van der Waals surface area contributed by atoms with Gasteiger partial charge in [0.1, 0.15) is 0 Å². The standard InChI is InChI=1S/C8H10Br2O/c1-8(2)3-5(9)7(10)6(11)4-8/h3-4H2,1-2H3. The molecular weight excluding hydrogens is 272 g/mol. The molecule has 0 aliphatic heterocycles. The molecule has 0 unspecified atom stereocenters. The van der Waals surface area contributed by atoms with Gasteiger partial charge in [0, 0.05) is 10.9 Å². The van der Waals surface area contributed by atoms with E-state index in [-0.39, 0.29) is 11.2 Å². The fourth-order valence-corrected chi connectivity index (χ4v) is 2.48. The number of hydrogen-bond donors (Lipinski definition) is 0. The molecule has 1 nitrogen and oxygen atoms in total. The quantitative estimate of drug-likeness (QED) is 0.665. The molecule has 0 atom stereocenters. The summed E-state index contributed by atoms with van der Waals surface area (Å²) < 4.78 is 1.72. The van der Waals surface area contributed by atoms with Crippen LogP contribution in [0.15, 0.2) is 8.96 Å². The van der Waals surface area contributed by atoms with Crippen LogP contribution in [0.3, 0.4) is 0 Å². The largest absolute Gasteiger partial charge is 0.294 e. The van der Waals surface area contributed by atoms with Crippen molar-refractivity contribution >= 4 is 37.6 Å². The molecule has 0 saturated heterocycles. The second-order valence-corrected chi connectivity index (χ2v) is 5.41. The van der Waals surface area contributed by atoms with Gasteiger partial charge in [0.25, 0.3) is 0 Å². The van der Waals surface area contributed by atoms with E-state index in [1.807, 2.05) is 0 Å². The van der Waals surface area contributed by atoms with Crippen LogP contribution in [0.5, 0.6) is 0 Å². The minimum atomic E-state index is 0.118. The summed E-state index contributed by atoms with van der Waals surface area (Å²) in [5, 5.41) is 0. The van der Waals surface area contributed by atoms with Crippen molar-refractivity contribution in [3.63, 3.8) is 0 Å². The van der Waals surface area contributed by atoms with Gasteiger partial charge in [0.2, 0.25) is 0 Å². The van der Waals surface area contributed by atoms with Crippen LogP contribution in [0.2, 0.25) is 0 Å². The van der Waals surface area contributed by atoms with E-state index in [2.05, 4.69) is 45.7 Å². The Morgan fingerprint density at radius 3 is 2.27 bits per heavy atom. The van der Waals surface area contributed by atoms with Crippen LogP contribution in [-0.4, -0.2) is 5.78 Å². The Morgan fingerprint density at radius 2 is 1.82 bits per heavy atom. The highest BCUT2D eigenvalue weighted by atomic mass is 79.9. The van der Waals surface area contributed by atoms with Crippen LogP contribution in [-0.2, 0) is 4.79 Å². The van der Waals surface area contributed by atoms with E-state index in [0.29, 0.717) is 6.42 Å². The number of carbonyl (C=O) groups is 1. The van der Waals surface area contributed by atoms with Crippen molar-refractivity contribution in [2.24, 2.45) is 5.41 Å². The molecule has 0 radical (unpaired) electrons. The number of rotatable bonds is 0. The van der Waals surface area contributed by atoms with E-state index in [0.717, 1.165) is 15.4 Å². The Bertz CT molecular complexity index is 228. The van der Waals surface area contributed by atoms with Crippen LogP contribution in [0, 0.1) is 5.41 Å². The van der Waals surface area contributed by atoms with Crippen molar-refractivity contribution in [2.45, 2.75) is 26.7 Å². The van der Waals surface area contributed by atoms with Crippen molar-refractivity contribution < 1.29 is 4.79 Å². The van der Waals surface area contributed by atoms with Gasteiger partial charge in [-0.1, -0.05) is 29.8 Å². The van der Waals surface area contributed by atoms with Gasteiger partial charge in [-0.2, -0.15) is 0 Å². The third kappa shape index (κ3) is 2.15. The highest BCUT2D eigenvalue weighted by Gasteiger charge is 2.30. The molecule has 0 bridgehead atoms. The molecule has 0 amide bonds.